The van der Waals surface area contributed by atoms with Crippen molar-refractivity contribution in [3.05, 3.63) is 59.7 Å². The van der Waals surface area contributed by atoms with Gasteiger partial charge in [-0.25, -0.2) is 0 Å². The number of ketones is 1. The van der Waals surface area contributed by atoms with E-state index in [1.54, 1.807) is 62.8 Å². The van der Waals surface area contributed by atoms with Crippen LogP contribution in [0.25, 0.3) is 10.6 Å². The van der Waals surface area contributed by atoms with Crippen molar-refractivity contribution >= 4 is 34.2 Å². The number of rotatable bonds is 6. The predicted octanol–water partition coefficient (Wildman–Crippen LogP) is 3.84. The summed E-state index contributed by atoms with van der Waals surface area (Å²) in [4.78, 5) is 12.3. The van der Waals surface area contributed by atoms with E-state index in [4.69, 9.17) is 26.3 Å². The average molecular weight is 346 g/mol. The summed E-state index contributed by atoms with van der Waals surface area (Å²) in [6.45, 7) is 0. The zero-order valence-corrected chi connectivity index (χ0v) is 13.9. The fourth-order valence-electron chi connectivity index (χ4n) is 2.13. The standard InChI is InChI=1S/C18H16ClNO4/c1-23-14-7-3-12(4-8-14)17(16(21)11-20-22)18(19)13-5-9-15(24-2)10-6-13/h3-11,22H,1-2H3. The largest absolute Gasteiger partial charge is 0.497 e. The molecular weight excluding hydrogens is 330 g/mol. The highest BCUT2D eigenvalue weighted by Crippen LogP contribution is 2.32. The van der Waals surface area contributed by atoms with Crippen LogP contribution in [0.3, 0.4) is 0 Å². The summed E-state index contributed by atoms with van der Waals surface area (Å²) < 4.78 is 10.2. The minimum Gasteiger partial charge on any atom is -0.497 e. The highest BCUT2D eigenvalue weighted by Gasteiger charge is 2.17. The maximum absolute atomic E-state index is 12.3. The Labute approximate surface area is 144 Å². The van der Waals surface area contributed by atoms with Crippen molar-refractivity contribution < 1.29 is 19.5 Å². The van der Waals surface area contributed by atoms with Gasteiger partial charge in [-0.1, -0.05) is 28.9 Å². The number of Topliss-reactive ketones (excluding diaryl/α,β-unsaturated/α-hetero) is 1. The summed E-state index contributed by atoms with van der Waals surface area (Å²) in [6.07, 6.45) is 0.811. The summed E-state index contributed by atoms with van der Waals surface area (Å²) in [5.41, 5.74) is 1.45. The number of allylic oxidation sites excluding steroid dienone is 1. The van der Waals surface area contributed by atoms with Crippen molar-refractivity contribution in [3.63, 3.8) is 0 Å². The Kier molecular flexibility index (Phi) is 5.98. The third-order valence-corrected chi connectivity index (χ3v) is 3.77. The van der Waals surface area contributed by atoms with Crippen LogP contribution in [-0.4, -0.2) is 31.4 Å². The Bertz CT molecular complexity index is 765. The van der Waals surface area contributed by atoms with Crippen LogP contribution in [0.5, 0.6) is 11.5 Å². The van der Waals surface area contributed by atoms with Gasteiger partial charge in [-0.3, -0.25) is 4.79 Å². The van der Waals surface area contributed by atoms with Gasteiger partial charge in [0, 0.05) is 0 Å². The number of methoxy groups -OCH3 is 2. The molecule has 0 spiro atoms. The fourth-order valence-corrected chi connectivity index (χ4v) is 2.46. The molecule has 124 valence electrons. The second-order valence-electron chi connectivity index (χ2n) is 4.75. The number of hydrogen-bond acceptors (Lipinski definition) is 5. The fraction of sp³-hybridized carbons (Fsp3) is 0.111. The molecule has 0 saturated carbocycles. The van der Waals surface area contributed by atoms with E-state index in [1.807, 2.05) is 0 Å². The second kappa shape index (κ2) is 8.17. The van der Waals surface area contributed by atoms with Gasteiger partial charge < -0.3 is 14.7 Å². The van der Waals surface area contributed by atoms with E-state index in [9.17, 15) is 4.79 Å². The molecular formula is C18H16ClNO4. The molecule has 5 nitrogen and oxygen atoms in total. The van der Waals surface area contributed by atoms with Gasteiger partial charge >= 0.3 is 0 Å². The summed E-state index contributed by atoms with van der Waals surface area (Å²) in [7, 11) is 3.12. The molecule has 0 bridgehead atoms. The van der Waals surface area contributed by atoms with E-state index in [-0.39, 0.29) is 10.6 Å². The minimum atomic E-state index is -0.511. The Hall–Kier alpha value is -2.79. The molecule has 0 heterocycles. The van der Waals surface area contributed by atoms with Crippen LogP contribution >= 0.6 is 11.6 Å². The van der Waals surface area contributed by atoms with Gasteiger partial charge in [-0.2, -0.15) is 0 Å². The molecule has 6 heteroatoms. The van der Waals surface area contributed by atoms with Gasteiger partial charge in [-0.05, 0) is 47.5 Å². The van der Waals surface area contributed by atoms with Crippen LogP contribution in [0.1, 0.15) is 11.1 Å². The van der Waals surface area contributed by atoms with Gasteiger partial charge in [0.25, 0.3) is 0 Å². The van der Waals surface area contributed by atoms with Gasteiger partial charge in [0.1, 0.15) is 17.7 Å². The van der Waals surface area contributed by atoms with E-state index in [0.29, 0.717) is 22.6 Å². The molecule has 1 N–H and O–H groups in total. The summed E-state index contributed by atoms with van der Waals surface area (Å²) in [5.74, 6) is 0.822. The summed E-state index contributed by atoms with van der Waals surface area (Å²) >= 11 is 6.45. The maximum atomic E-state index is 12.3. The number of nitrogens with zero attached hydrogens (tertiary/aromatic N) is 1. The molecule has 0 radical (unpaired) electrons. The highest BCUT2D eigenvalue weighted by atomic mass is 35.5. The van der Waals surface area contributed by atoms with Crippen LogP contribution < -0.4 is 9.47 Å². The number of hydrogen-bond donors (Lipinski definition) is 1. The van der Waals surface area contributed by atoms with Crippen molar-refractivity contribution in [2.45, 2.75) is 0 Å². The van der Waals surface area contributed by atoms with Gasteiger partial charge in [0.2, 0.25) is 5.78 Å². The lowest BCUT2D eigenvalue weighted by Gasteiger charge is -2.10. The van der Waals surface area contributed by atoms with E-state index in [0.717, 1.165) is 6.21 Å². The number of halogens is 1. The first-order chi connectivity index (χ1) is 11.6. The molecule has 0 aliphatic heterocycles. The third kappa shape index (κ3) is 3.94. The molecule has 0 saturated heterocycles. The molecule has 2 aromatic rings. The number of oxime groups is 1. The van der Waals surface area contributed by atoms with Gasteiger partial charge in [0.05, 0.1) is 24.8 Å². The van der Waals surface area contributed by atoms with Gasteiger partial charge in [0.15, 0.2) is 0 Å². The zero-order valence-electron chi connectivity index (χ0n) is 13.2. The van der Waals surface area contributed by atoms with E-state index in [2.05, 4.69) is 5.16 Å². The lowest BCUT2D eigenvalue weighted by molar-refractivity contribution is -0.107. The van der Waals surface area contributed by atoms with Crippen molar-refractivity contribution in [2.75, 3.05) is 14.2 Å². The van der Waals surface area contributed by atoms with Crippen molar-refractivity contribution in [3.8, 4) is 11.5 Å². The van der Waals surface area contributed by atoms with E-state index in [1.165, 1.54) is 0 Å². The second-order valence-corrected chi connectivity index (χ2v) is 5.13. The molecule has 2 aromatic carbocycles. The Morgan fingerprint density at radius 1 is 0.958 bits per heavy atom. The zero-order chi connectivity index (χ0) is 17.5. The SMILES string of the molecule is COc1ccc(C(Cl)=C(C(=O)C=NO)c2ccc(OC)cc2)cc1. The first-order valence-electron chi connectivity index (χ1n) is 7.01. The molecule has 2 rings (SSSR count). The molecule has 0 atom stereocenters. The molecule has 0 fully saturated rings. The number of carbonyl (C=O) groups is 1. The Balaban J connectivity index is 2.55. The first-order valence-corrected chi connectivity index (χ1v) is 7.39. The van der Waals surface area contributed by atoms with Crippen molar-refractivity contribution in [1.82, 2.24) is 0 Å². The van der Waals surface area contributed by atoms with Crippen molar-refractivity contribution in [1.29, 1.82) is 0 Å². The number of carbonyl (C=O) groups excluding carboxylic acids is 1. The summed E-state index contributed by atoms with van der Waals surface area (Å²) in [6, 6.07) is 13.8. The number of ether oxygens (including phenoxy) is 2. The monoisotopic (exact) mass is 345 g/mol. The molecule has 0 aliphatic rings. The lowest BCUT2D eigenvalue weighted by Crippen LogP contribution is -2.05. The lowest BCUT2D eigenvalue weighted by atomic mass is 9.99. The quantitative estimate of drug-likeness (QED) is 0.284. The van der Waals surface area contributed by atoms with E-state index >= 15 is 0 Å². The Morgan fingerprint density at radius 2 is 1.42 bits per heavy atom. The molecule has 0 aliphatic carbocycles. The van der Waals surface area contributed by atoms with Gasteiger partial charge in [-0.15, -0.1) is 0 Å². The smallest absolute Gasteiger partial charge is 0.209 e. The predicted molar refractivity (Wildman–Crippen MR) is 93.9 cm³/mol. The maximum Gasteiger partial charge on any atom is 0.209 e. The molecule has 0 aromatic heterocycles. The summed E-state index contributed by atoms with van der Waals surface area (Å²) in [5, 5.41) is 11.7. The Morgan fingerprint density at radius 3 is 1.83 bits per heavy atom. The minimum absolute atomic E-state index is 0.224. The van der Waals surface area contributed by atoms with Crippen LogP contribution in [0.15, 0.2) is 53.7 Å². The molecule has 24 heavy (non-hydrogen) atoms. The third-order valence-electron chi connectivity index (χ3n) is 3.36. The van der Waals surface area contributed by atoms with Crippen LogP contribution in [-0.2, 0) is 4.79 Å². The van der Waals surface area contributed by atoms with E-state index < -0.39 is 5.78 Å². The highest BCUT2D eigenvalue weighted by molar-refractivity contribution is 6.62. The molecule has 0 unspecified atom stereocenters. The first kappa shape index (κ1) is 17.6. The number of benzene rings is 2. The van der Waals surface area contributed by atoms with Crippen LogP contribution in [0.4, 0.5) is 0 Å². The van der Waals surface area contributed by atoms with Crippen molar-refractivity contribution in [2.24, 2.45) is 5.16 Å². The van der Waals surface area contributed by atoms with Crippen LogP contribution in [0.2, 0.25) is 0 Å². The normalized spacial score (nSPS) is 12.0. The topological polar surface area (TPSA) is 68.1 Å². The molecule has 0 amide bonds. The average Bonchev–Trinajstić information content (AvgIpc) is 2.62. The van der Waals surface area contributed by atoms with Crippen LogP contribution in [0, 0.1) is 0 Å².